The topological polar surface area (TPSA) is 43.1 Å². The standard InChI is InChI=1S/C13H25NO/c1-10(9-13(14)11(2)15)5-3-6-12-7-4-8-12/h10,12-13H,3-9,14H2,1-2H3. The van der Waals surface area contributed by atoms with Crippen molar-refractivity contribution in [3.05, 3.63) is 0 Å². The van der Waals surface area contributed by atoms with Gasteiger partial charge in [-0.15, -0.1) is 0 Å². The summed E-state index contributed by atoms with van der Waals surface area (Å²) in [5.41, 5.74) is 5.74. The fourth-order valence-electron chi connectivity index (χ4n) is 2.25. The van der Waals surface area contributed by atoms with Gasteiger partial charge in [-0.3, -0.25) is 4.79 Å². The fraction of sp³-hybridized carbons (Fsp3) is 0.923. The predicted octanol–water partition coefficient (Wildman–Crippen LogP) is 2.90. The van der Waals surface area contributed by atoms with Gasteiger partial charge in [0.2, 0.25) is 0 Å². The molecule has 0 aliphatic heterocycles. The largest absolute Gasteiger partial charge is 0.322 e. The Bertz CT molecular complexity index is 199. The Kier molecular flexibility index (Phi) is 5.30. The lowest BCUT2D eigenvalue weighted by Gasteiger charge is -2.25. The second-order valence-electron chi connectivity index (χ2n) is 5.29. The maximum Gasteiger partial charge on any atom is 0.146 e. The fourth-order valence-corrected chi connectivity index (χ4v) is 2.25. The van der Waals surface area contributed by atoms with Crippen molar-refractivity contribution in [2.45, 2.75) is 64.8 Å². The minimum atomic E-state index is -0.233. The molecule has 0 amide bonds. The maximum absolute atomic E-state index is 11.0. The molecule has 1 aliphatic carbocycles. The molecule has 1 saturated carbocycles. The van der Waals surface area contributed by atoms with Gasteiger partial charge in [-0.2, -0.15) is 0 Å². The Labute approximate surface area is 93.6 Å². The van der Waals surface area contributed by atoms with Gasteiger partial charge in [-0.25, -0.2) is 0 Å². The van der Waals surface area contributed by atoms with Gasteiger partial charge in [0.25, 0.3) is 0 Å². The molecule has 15 heavy (non-hydrogen) atoms. The van der Waals surface area contributed by atoms with E-state index in [2.05, 4.69) is 6.92 Å². The lowest BCUT2D eigenvalue weighted by atomic mass is 9.81. The Morgan fingerprint density at radius 3 is 2.60 bits per heavy atom. The van der Waals surface area contributed by atoms with Crippen LogP contribution < -0.4 is 5.73 Å². The molecule has 88 valence electrons. The number of carbonyl (C=O) groups excluding carboxylic acids is 1. The van der Waals surface area contributed by atoms with Crippen LogP contribution in [-0.4, -0.2) is 11.8 Å². The van der Waals surface area contributed by atoms with Crippen LogP contribution in [0.15, 0.2) is 0 Å². The number of rotatable bonds is 7. The first kappa shape index (κ1) is 12.7. The molecule has 1 aliphatic rings. The molecule has 0 radical (unpaired) electrons. The van der Waals surface area contributed by atoms with E-state index in [0.29, 0.717) is 5.92 Å². The number of hydrogen-bond acceptors (Lipinski definition) is 2. The Morgan fingerprint density at radius 2 is 2.13 bits per heavy atom. The molecule has 0 aromatic rings. The molecule has 1 fully saturated rings. The van der Waals surface area contributed by atoms with Gasteiger partial charge in [0.1, 0.15) is 5.78 Å². The zero-order valence-corrected chi connectivity index (χ0v) is 10.2. The van der Waals surface area contributed by atoms with Crippen LogP contribution in [0.3, 0.4) is 0 Å². The zero-order valence-electron chi connectivity index (χ0n) is 10.2. The summed E-state index contributed by atoms with van der Waals surface area (Å²) in [6.45, 7) is 3.80. The van der Waals surface area contributed by atoms with E-state index in [1.54, 1.807) is 6.92 Å². The third-order valence-electron chi connectivity index (χ3n) is 3.71. The smallest absolute Gasteiger partial charge is 0.146 e. The lowest BCUT2D eigenvalue weighted by Crippen LogP contribution is -2.30. The Balaban J connectivity index is 2.01. The molecule has 2 heteroatoms. The van der Waals surface area contributed by atoms with Crippen LogP contribution in [0.5, 0.6) is 0 Å². The van der Waals surface area contributed by atoms with Crippen molar-refractivity contribution < 1.29 is 4.79 Å². The molecule has 0 aromatic heterocycles. The van der Waals surface area contributed by atoms with E-state index in [9.17, 15) is 4.79 Å². The summed E-state index contributed by atoms with van der Waals surface area (Å²) in [5, 5.41) is 0. The maximum atomic E-state index is 11.0. The SMILES string of the molecule is CC(=O)C(N)CC(C)CCCC1CCC1. The van der Waals surface area contributed by atoms with E-state index < -0.39 is 0 Å². The van der Waals surface area contributed by atoms with Crippen LogP contribution in [0.25, 0.3) is 0 Å². The summed E-state index contributed by atoms with van der Waals surface area (Å²) >= 11 is 0. The zero-order chi connectivity index (χ0) is 11.3. The van der Waals surface area contributed by atoms with Crippen molar-refractivity contribution in [3.8, 4) is 0 Å². The summed E-state index contributed by atoms with van der Waals surface area (Å²) in [4.78, 5) is 11.0. The summed E-state index contributed by atoms with van der Waals surface area (Å²) in [7, 11) is 0. The predicted molar refractivity (Wildman–Crippen MR) is 63.6 cm³/mol. The number of Topliss-reactive ketones (excluding diaryl/α,β-unsaturated/α-hetero) is 1. The first-order chi connectivity index (χ1) is 7.09. The molecule has 1 rings (SSSR count). The van der Waals surface area contributed by atoms with Crippen LogP contribution in [0.1, 0.15) is 58.8 Å². The number of hydrogen-bond donors (Lipinski definition) is 1. The molecule has 2 nitrogen and oxygen atoms in total. The monoisotopic (exact) mass is 211 g/mol. The van der Waals surface area contributed by atoms with Gasteiger partial charge in [0.05, 0.1) is 6.04 Å². The highest BCUT2D eigenvalue weighted by atomic mass is 16.1. The van der Waals surface area contributed by atoms with Crippen LogP contribution >= 0.6 is 0 Å². The van der Waals surface area contributed by atoms with Crippen LogP contribution in [0.4, 0.5) is 0 Å². The molecule has 2 unspecified atom stereocenters. The second-order valence-corrected chi connectivity index (χ2v) is 5.29. The van der Waals surface area contributed by atoms with E-state index in [0.717, 1.165) is 12.3 Å². The average molecular weight is 211 g/mol. The molecule has 0 saturated heterocycles. The minimum Gasteiger partial charge on any atom is -0.322 e. The quantitative estimate of drug-likeness (QED) is 0.703. The van der Waals surface area contributed by atoms with Crippen molar-refractivity contribution in [3.63, 3.8) is 0 Å². The van der Waals surface area contributed by atoms with Crippen LogP contribution in [0, 0.1) is 11.8 Å². The average Bonchev–Trinajstić information content (AvgIpc) is 2.09. The molecule has 2 N–H and O–H groups in total. The Hall–Kier alpha value is -0.370. The molecular formula is C13H25NO. The van der Waals surface area contributed by atoms with Gasteiger partial charge in [-0.1, -0.05) is 45.4 Å². The minimum absolute atomic E-state index is 0.126. The number of nitrogens with two attached hydrogens (primary N) is 1. The highest BCUT2D eigenvalue weighted by molar-refractivity contribution is 5.81. The van der Waals surface area contributed by atoms with Gasteiger partial charge in [0, 0.05) is 0 Å². The normalized spacial score (nSPS) is 20.7. The van der Waals surface area contributed by atoms with Gasteiger partial charge in [-0.05, 0) is 25.2 Å². The van der Waals surface area contributed by atoms with Crippen LogP contribution in [0.2, 0.25) is 0 Å². The summed E-state index contributed by atoms with van der Waals surface area (Å²) in [6.07, 6.45) is 9.13. The van der Waals surface area contributed by atoms with E-state index in [-0.39, 0.29) is 11.8 Å². The van der Waals surface area contributed by atoms with Crippen molar-refractivity contribution in [1.82, 2.24) is 0 Å². The molecular weight excluding hydrogens is 186 g/mol. The molecule has 2 atom stereocenters. The first-order valence-corrected chi connectivity index (χ1v) is 6.35. The van der Waals surface area contributed by atoms with Crippen molar-refractivity contribution in [1.29, 1.82) is 0 Å². The first-order valence-electron chi connectivity index (χ1n) is 6.35. The second kappa shape index (κ2) is 6.26. The van der Waals surface area contributed by atoms with Crippen molar-refractivity contribution in [2.75, 3.05) is 0 Å². The van der Waals surface area contributed by atoms with Gasteiger partial charge in [0.15, 0.2) is 0 Å². The van der Waals surface area contributed by atoms with Gasteiger partial charge < -0.3 is 5.73 Å². The molecule has 0 bridgehead atoms. The van der Waals surface area contributed by atoms with E-state index in [1.807, 2.05) is 0 Å². The molecule has 0 aromatic carbocycles. The molecule has 0 spiro atoms. The Morgan fingerprint density at radius 1 is 1.47 bits per heavy atom. The third-order valence-corrected chi connectivity index (χ3v) is 3.71. The van der Waals surface area contributed by atoms with Gasteiger partial charge >= 0.3 is 0 Å². The van der Waals surface area contributed by atoms with E-state index in [1.165, 1.54) is 38.5 Å². The van der Waals surface area contributed by atoms with E-state index in [4.69, 9.17) is 5.73 Å². The summed E-state index contributed by atoms with van der Waals surface area (Å²) < 4.78 is 0. The van der Waals surface area contributed by atoms with Crippen molar-refractivity contribution >= 4 is 5.78 Å². The third kappa shape index (κ3) is 4.78. The number of ketones is 1. The van der Waals surface area contributed by atoms with Crippen LogP contribution in [-0.2, 0) is 4.79 Å². The van der Waals surface area contributed by atoms with Crippen molar-refractivity contribution in [2.24, 2.45) is 17.6 Å². The lowest BCUT2D eigenvalue weighted by molar-refractivity contribution is -0.118. The number of carbonyl (C=O) groups is 1. The van der Waals surface area contributed by atoms with E-state index >= 15 is 0 Å². The summed E-state index contributed by atoms with van der Waals surface area (Å²) in [5.74, 6) is 1.74. The highest BCUT2D eigenvalue weighted by Crippen LogP contribution is 2.31. The summed E-state index contributed by atoms with van der Waals surface area (Å²) in [6, 6.07) is -0.233. The highest BCUT2D eigenvalue weighted by Gasteiger charge is 2.18. The molecule has 0 heterocycles.